The molecule has 0 spiro atoms. The molecule has 1 aromatic carbocycles. The number of aryl methyl sites for hydroxylation is 2. The number of hydrogen-bond acceptors (Lipinski definition) is 4. The van der Waals surface area contributed by atoms with E-state index in [2.05, 4.69) is 28.9 Å². The molecular formula is C23H25N3O2S. The summed E-state index contributed by atoms with van der Waals surface area (Å²) in [5.74, 6) is 0.874. The van der Waals surface area contributed by atoms with Crippen LogP contribution in [0.2, 0.25) is 0 Å². The van der Waals surface area contributed by atoms with Crippen LogP contribution in [-0.2, 0) is 11.3 Å². The van der Waals surface area contributed by atoms with Crippen molar-refractivity contribution in [3.8, 4) is 11.1 Å². The van der Waals surface area contributed by atoms with Crippen LogP contribution < -0.4 is 5.56 Å². The van der Waals surface area contributed by atoms with Gasteiger partial charge in [0.1, 0.15) is 4.83 Å². The molecule has 0 aliphatic heterocycles. The molecule has 5 nitrogen and oxygen atoms in total. The molecule has 150 valence electrons. The predicted octanol–water partition coefficient (Wildman–Crippen LogP) is 4.22. The fraction of sp³-hybridized carbons (Fsp3) is 0.435. The lowest BCUT2D eigenvalue weighted by Crippen LogP contribution is -2.36. The minimum Gasteiger partial charge on any atom is -0.339 e. The third-order valence-corrected chi connectivity index (χ3v) is 6.84. The molecule has 0 N–H and O–H groups in total. The highest BCUT2D eigenvalue weighted by atomic mass is 32.1. The van der Waals surface area contributed by atoms with Crippen molar-refractivity contribution in [2.24, 2.45) is 5.92 Å². The Kier molecular flexibility index (Phi) is 4.74. The lowest BCUT2D eigenvalue weighted by Gasteiger charge is -2.22. The number of hydrogen-bond donors (Lipinski definition) is 0. The van der Waals surface area contributed by atoms with Gasteiger partial charge in [0.2, 0.25) is 5.91 Å². The van der Waals surface area contributed by atoms with Crippen LogP contribution in [0.5, 0.6) is 0 Å². The third-order valence-electron chi connectivity index (χ3n) is 5.95. The molecule has 2 aromatic heterocycles. The Bertz CT molecular complexity index is 1110. The average Bonchev–Trinajstić information content (AvgIpc) is 3.64. The Morgan fingerprint density at radius 1 is 1.21 bits per heavy atom. The van der Waals surface area contributed by atoms with Crippen molar-refractivity contribution < 1.29 is 4.79 Å². The second kappa shape index (κ2) is 7.41. The van der Waals surface area contributed by atoms with Crippen LogP contribution in [0.15, 0.2) is 40.8 Å². The fourth-order valence-electron chi connectivity index (χ4n) is 3.85. The van der Waals surface area contributed by atoms with Gasteiger partial charge < -0.3 is 4.90 Å². The number of rotatable bonds is 7. The van der Waals surface area contributed by atoms with Crippen molar-refractivity contribution in [2.45, 2.75) is 51.6 Å². The minimum atomic E-state index is -0.0558. The van der Waals surface area contributed by atoms with Gasteiger partial charge in [0.25, 0.3) is 5.56 Å². The van der Waals surface area contributed by atoms with Crippen LogP contribution in [0, 0.1) is 12.8 Å². The lowest BCUT2D eigenvalue weighted by atomic mass is 10.1. The van der Waals surface area contributed by atoms with Crippen LogP contribution >= 0.6 is 11.3 Å². The number of amides is 1. The van der Waals surface area contributed by atoms with E-state index in [1.54, 1.807) is 10.9 Å². The quantitative estimate of drug-likeness (QED) is 0.589. The molecule has 0 bridgehead atoms. The van der Waals surface area contributed by atoms with E-state index < -0.39 is 0 Å². The summed E-state index contributed by atoms with van der Waals surface area (Å²) < 4.78 is 1.60. The number of nitrogens with zero attached hydrogens (tertiary/aromatic N) is 3. The number of aromatic nitrogens is 2. The highest BCUT2D eigenvalue weighted by Crippen LogP contribution is 2.35. The summed E-state index contributed by atoms with van der Waals surface area (Å²) in [6, 6.07) is 8.63. The first-order valence-electron chi connectivity index (χ1n) is 10.4. The number of carbonyl (C=O) groups excluding carboxylic acids is 1. The second-order valence-corrected chi connectivity index (χ2v) is 9.27. The van der Waals surface area contributed by atoms with E-state index in [-0.39, 0.29) is 11.5 Å². The third kappa shape index (κ3) is 3.86. The van der Waals surface area contributed by atoms with E-state index in [4.69, 9.17) is 0 Å². The summed E-state index contributed by atoms with van der Waals surface area (Å²) in [4.78, 5) is 33.3. The Morgan fingerprint density at radius 2 is 1.97 bits per heavy atom. The molecule has 0 radical (unpaired) electrons. The largest absolute Gasteiger partial charge is 0.339 e. The van der Waals surface area contributed by atoms with E-state index >= 15 is 0 Å². The molecule has 0 unspecified atom stereocenters. The van der Waals surface area contributed by atoms with Crippen LogP contribution in [0.4, 0.5) is 0 Å². The molecule has 2 fully saturated rings. The smallest absolute Gasteiger partial charge is 0.262 e. The zero-order valence-corrected chi connectivity index (χ0v) is 17.5. The predicted molar refractivity (Wildman–Crippen MR) is 116 cm³/mol. The van der Waals surface area contributed by atoms with Gasteiger partial charge in [-0.2, -0.15) is 0 Å². The van der Waals surface area contributed by atoms with Crippen LogP contribution in [0.3, 0.4) is 0 Å². The fourth-order valence-corrected chi connectivity index (χ4v) is 4.76. The van der Waals surface area contributed by atoms with Gasteiger partial charge in [0, 0.05) is 36.5 Å². The molecule has 2 aliphatic carbocycles. The molecule has 2 aliphatic rings. The molecule has 5 rings (SSSR count). The van der Waals surface area contributed by atoms with E-state index in [0.29, 0.717) is 30.3 Å². The number of benzene rings is 1. The highest BCUT2D eigenvalue weighted by molar-refractivity contribution is 7.17. The van der Waals surface area contributed by atoms with Gasteiger partial charge in [0.15, 0.2) is 0 Å². The summed E-state index contributed by atoms with van der Waals surface area (Å²) in [5.41, 5.74) is 3.09. The maximum atomic E-state index is 13.2. The Balaban J connectivity index is 1.38. The van der Waals surface area contributed by atoms with Crippen molar-refractivity contribution in [1.29, 1.82) is 0 Å². The van der Waals surface area contributed by atoms with Gasteiger partial charge in [-0.05, 0) is 44.1 Å². The monoisotopic (exact) mass is 407 g/mol. The number of fused-ring (bicyclic) bond motifs is 1. The first kappa shape index (κ1) is 18.6. The Hall–Kier alpha value is -2.47. The molecule has 2 heterocycles. The first-order chi connectivity index (χ1) is 14.1. The van der Waals surface area contributed by atoms with Crippen LogP contribution in [-0.4, -0.2) is 32.9 Å². The molecule has 3 aromatic rings. The van der Waals surface area contributed by atoms with Crippen molar-refractivity contribution in [1.82, 2.24) is 14.5 Å². The SMILES string of the molecule is Cc1ccc(-c2csc3ncn(CCC(=O)N(CC4CC4)C4CC4)c(=O)c23)cc1. The maximum absolute atomic E-state index is 13.2. The van der Waals surface area contributed by atoms with Gasteiger partial charge in [-0.3, -0.25) is 14.2 Å². The van der Waals surface area contributed by atoms with Crippen LogP contribution in [0.1, 0.15) is 37.7 Å². The minimum absolute atomic E-state index is 0.0558. The zero-order chi connectivity index (χ0) is 20.0. The summed E-state index contributed by atoms with van der Waals surface area (Å²) in [5, 5.41) is 2.66. The van der Waals surface area contributed by atoms with Crippen molar-refractivity contribution in [3.05, 3.63) is 51.9 Å². The normalized spacial score (nSPS) is 16.3. The van der Waals surface area contributed by atoms with E-state index in [0.717, 1.165) is 35.3 Å². The first-order valence-corrected chi connectivity index (χ1v) is 11.3. The molecule has 29 heavy (non-hydrogen) atoms. The van der Waals surface area contributed by atoms with Crippen LogP contribution in [0.25, 0.3) is 21.3 Å². The van der Waals surface area contributed by atoms with Gasteiger partial charge in [-0.1, -0.05) is 29.8 Å². The summed E-state index contributed by atoms with van der Waals surface area (Å²) in [7, 11) is 0. The van der Waals surface area contributed by atoms with Gasteiger partial charge in [-0.25, -0.2) is 4.98 Å². The Labute approximate surface area is 174 Å². The maximum Gasteiger partial charge on any atom is 0.262 e. The molecule has 6 heteroatoms. The van der Waals surface area contributed by atoms with Gasteiger partial charge in [0.05, 0.1) is 11.7 Å². The van der Waals surface area contributed by atoms with E-state index in [1.165, 1.54) is 29.7 Å². The van der Waals surface area contributed by atoms with Crippen molar-refractivity contribution in [2.75, 3.05) is 6.54 Å². The topological polar surface area (TPSA) is 55.2 Å². The van der Waals surface area contributed by atoms with Gasteiger partial charge >= 0.3 is 0 Å². The molecule has 0 saturated heterocycles. The summed E-state index contributed by atoms with van der Waals surface area (Å²) in [6.07, 6.45) is 6.70. The second-order valence-electron chi connectivity index (χ2n) is 8.41. The lowest BCUT2D eigenvalue weighted by molar-refractivity contribution is -0.132. The Morgan fingerprint density at radius 3 is 2.66 bits per heavy atom. The highest BCUT2D eigenvalue weighted by Gasteiger charge is 2.36. The molecular weight excluding hydrogens is 382 g/mol. The van der Waals surface area contributed by atoms with E-state index in [9.17, 15) is 9.59 Å². The molecule has 1 amide bonds. The average molecular weight is 408 g/mol. The standard InChI is InChI=1S/C23H25N3O2S/c1-15-2-6-17(7-3-15)19-13-29-22-21(19)23(28)25(14-24-22)11-10-20(27)26(18-8-9-18)12-16-4-5-16/h2-3,6-7,13-14,16,18H,4-5,8-12H2,1H3. The summed E-state index contributed by atoms with van der Waals surface area (Å²) in [6.45, 7) is 3.34. The number of thiophene rings is 1. The molecule has 0 atom stereocenters. The zero-order valence-electron chi connectivity index (χ0n) is 16.6. The summed E-state index contributed by atoms with van der Waals surface area (Å²) >= 11 is 1.49. The van der Waals surface area contributed by atoms with E-state index in [1.807, 2.05) is 17.5 Å². The van der Waals surface area contributed by atoms with Gasteiger partial charge in [-0.15, -0.1) is 11.3 Å². The number of carbonyl (C=O) groups is 1. The molecule has 2 saturated carbocycles. The van der Waals surface area contributed by atoms with Crippen molar-refractivity contribution >= 4 is 27.5 Å². The van der Waals surface area contributed by atoms with Crippen molar-refractivity contribution in [3.63, 3.8) is 0 Å².